The van der Waals surface area contributed by atoms with E-state index in [0.717, 1.165) is 11.4 Å². The van der Waals surface area contributed by atoms with Crippen LogP contribution < -0.4 is 10.0 Å². The normalized spacial score (nSPS) is 10.7. The highest BCUT2D eigenvalue weighted by Crippen LogP contribution is 2.20. The van der Waals surface area contributed by atoms with Gasteiger partial charge in [0.15, 0.2) is 0 Å². The van der Waals surface area contributed by atoms with E-state index in [0.29, 0.717) is 17.7 Å². The molecule has 0 saturated heterocycles. The molecule has 0 saturated carbocycles. The van der Waals surface area contributed by atoms with Crippen LogP contribution in [-0.4, -0.2) is 14.2 Å². The van der Waals surface area contributed by atoms with Crippen LogP contribution in [0.2, 0.25) is 0 Å². The molecule has 2 rings (SSSR count). The molecule has 0 aliphatic rings. The summed E-state index contributed by atoms with van der Waals surface area (Å²) in [6.45, 7) is 1.82. The van der Waals surface area contributed by atoms with Gasteiger partial charge >= 0.3 is 0 Å². The summed E-state index contributed by atoms with van der Waals surface area (Å²) in [5, 5.41) is 12.0. The zero-order chi connectivity index (χ0) is 16.0. The second kappa shape index (κ2) is 6.96. The lowest BCUT2D eigenvalue weighted by Crippen LogP contribution is -2.15. The molecule has 2 aromatic rings. The summed E-state index contributed by atoms with van der Waals surface area (Å²) in [6, 6.07) is 16.2. The molecule has 0 radical (unpaired) electrons. The average Bonchev–Trinajstić information content (AvgIpc) is 2.49. The maximum Gasteiger partial charge on any atom is 0.232 e. The number of nitriles is 1. The minimum atomic E-state index is -3.27. The lowest BCUT2D eigenvalue weighted by atomic mass is 10.2. The zero-order valence-electron chi connectivity index (χ0n) is 12.2. The summed E-state index contributed by atoms with van der Waals surface area (Å²) in [5.41, 5.74) is 2.73. The second-order valence-corrected chi connectivity index (χ2v) is 6.66. The molecule has 0 bridgehead atoms. The summed E-state index contributed by atoms with van der Waals surface area (Å²) in [7, 11) is -3.27. The topological polar surface area (TPSA) is 82.0 Å². The highest BCUT2D eigenvalue weighted by Gasteiger charge is 2.08. The van der Waals surface area contributed by atoms with E-state index >= 15 is 0 Å². The van der Waals surface area contributed by atoms with Crippen molar-refractivity contribution in [1.29, 1.82) is 5.26 Å². The Morgan fingerprint density at radius 1 is 1.05 bits per heavy atom. The number of benzene rings is 2. The molecule has 5 nitrogen and oxygen atoms in total. The Kier molecular flexibility index (Phi) is 5.02. The monoisotopic (exact) mass is 315 g/mol. The van der Waals surface area contributed by atoms with Gasteiger partial charge in [0.1, 0.15) is 0 Å². The molecular formula is C16H17N3O2S. The standard InChI is InChI=1S/C16H17N3O2S/c1-2-10-22(20,21)19-15-8-6-14(7-9-15)18-16-5-3-4-13(11-16)12-17/h3-9,11,18-19H,2,10H2,1H3. The molecule has 0 aromatic heterocycles. The Morgan fingerprint density at radius 2 is 1.73 bits per heavy atom. The molecule has 0 spiro atoms. The first-order valence-electron chi connectivity index (χ1n) is 6.90. The summed E-state index contributed by atoms with van der Waals surface area (Å²) in [5.74, 6) is 0.105. The molecule has 0 amide bonds. The lowest BCUT2D eigenvalue weighted by molar-refractivity contribution is 0.600. The number of nitrogens with zero attached hydrogens (tertiary/aromatic N) is 1. The van der Waals surface area contributed by atoms with Crippen LogP contribution in [0, 0.1) is 11.3 Å². The Balaban J connectivity index is 2.07. The summed E-state index contributed by atoms with van der Waals surface area (Å²) >= 11 is 0. The summed E-state index contributed by atoms with van der Waals surface area (Å²) in [6.07, 6.45) is 0.574. The Hall–Kier alpha value is -2.52. The van der Waals surface area contributed by atoms with E-state index in [4.69, 9.17) is 5.26 Å². The fourth-order valence-electron chi connectivity index (χ4n) is 1.95. The van der Waals surface area contributed by atoms with Crippen LogP contribution in [0.1, 0.15) is 18.9 Å². The predicted octanol–water partition coefficient (Wildman–Crippen LogP) is 3.45. The number of rotatable bonds is 6. The van der Waals surface area contributed by atoms with Gasteiger partial charge in [-0.25, -0.2) is 8.42 Å². The largest absolute Gasteiger partial charge is 0.355 e. The van der Waals surface area contributed by atoms with E-state index < -0.39 is 10.0 Å². The van der Waals surface area contributed by atoms with Crippen molar-refractivity contribution in [2.24, 2.45) is 0 Å². The zero-order valence-corrected chi connectivity index (χ0v) is 13.0. The maximum atomic E-state index is 11.7. The number of hydrogen-bond acceptors (Lipinski definition) is 4. The van der Waals surface area contributed by atoms with Crippen molar-refractivity contribution in [1.82, 2.24) is 0 Å². The summed E-state index contributed by atoms with van der Waals surface area (Å²) < 4.78 is 25.9. The van der Waals surface area contributed by atoms with Gasteiger partial charge in [0.05, 0.1) is 17.4 Å². The van der Waals surface area contributed by atoms with Crippen LogP contribution in [0.25, 0.3) is 0 Å². The van der Waals surface area contributed by atoms with Crippen LogP contribution in [0.15, 0.2) is 48.5 Å². The van der Waals surface area contributed by atoms with Crippen molar-refractivity contribution in [2.45, 2.75) is 13.3 Å². The molecule has 6 heteroatoms. The highest BCUT2D eigenvalue weighted by atomic mass is 32.2. The average molecular weight is 315 g/mol. The minimum Gasteiger partial charge on any atom is -0.355 e. The van der Waals surface area contributed by atoms with Crippen molar-refractivity contribution in [3.8, 4) is 6.07 Å². The Bertz CT molecular complexity index is 778. The van der Waals surface area contributed by atoms with Gasteiger partial charge in [0.25, 0.3) is 0 Å². The lowest BCUT2D eigenvalue weighted by Gasteiger charge is -2.09. The molecule has 22 heavy (non-hydrogen) atoms. The first-order valence-corrected chi connectivity index (χ1v) is 8.55. The molecule has 0 heterocycles. The molecule has 2 aromatic carbocycles. The van der Waals surface area contributed by atoms with Crippen molar-refractivity contribution in [3.63, 3.8) is 0 Å². The quantitative estimate of drug-likeness (QED) is 0.855. The van der Waals surface area contributed by atoms with Crippen molar-refractivity contribution < 1.29 is 8.42 Å². The van der Waals surface area contributed by atoms with E-state index in [2.05, 4.69) is 16.1 Å². The SMILES string of the molecule is CCCS(=O)(=O)Nc1ccc(Nc2cccc(C#N)c2)cc1. The number of hydrogen-bond donors (Lipinski definition) is 2. The van der Waals surface area contributed by atoms with Gasteiger partial charge < -0.3 is 5.32 Å². The van der Waals surface area contributed by atoms with Crippen molar-refractivity contribution in [2.75, 3.05) is 15.8 Å². The van der Waals surface area contributed by atoms with Gasteiger partial charge in [0.2, 0.25) is 10.0 Å². The highest BCUT2D eigenvalue weighted by molar-refractivity contribution is 7.92. The van der Waals surface area contributed by atoms with Gasteiger partial charge in [0, 0.05) is 17.1 Å². The molecule has 114 valence electrons. The van der Waals surface area contributed by atoms with Gasteiger partial charge in [-0.1, -0.05) is 13.0 Å². The minimum absolute atomic E-state index is 0.105. The maximum absolute atomic E-state index is 11.7. The van der Waals surface area contributed by atoms with Crippen LogP contribution in [0.5, 0.6) is 0 Å². The van der Waals surface area contributed by atoms with Gasteiger partial charge in [-0.3, -0.25) is 4.72 Å². The van der Waals surface area contributed by atoms with E-state index in [1.807, 2.05) is 13.0 Å². The number of sulfonamides is 1. The second-order valence-electron chi connectivity index (χ2n) is 4.82. The van der Waals surface area contributed by atoms with Gasteiger partial charge in [-0.05, 0) is 48.9 Å². The first kappa shape index (κ1) is 15.9. The van der Waals surface area contributed by atoms with E-state index in [1.54, 1.807) is 42.5 Å². The first-order chi connectivity index (χ1) is 10.5. The third-order valence-electron chi connectivity index (χ3n) is 2.91. The molecule has 0 aliphatic carbocycles. The number of nitrogens with one attached hydrogen (secondary N) is 2. The third-order valence-corrected chi connectivity index (χ3v) is 4.40. The van der Waals surface area contributed by atoms with Gasteiger partial charge in [-0.2, -0.15) is 5.26 Å². The molecule has 0 atom stereocenters. The van der Waals surface area contributed by atoms with Crippen LogP contribution in [0.4, 0.5) is 17.1 Å². The fourth-order valence-corrected chi connectivity index (χ4v) is 3.09. The van der Waals surface area contributed by atoms with E-state index in [1.165, 1.54) is 0 Å². The van der Waals surface area contributed by atoms with Crippen LogP contribution in [-0.2, 0) is 10.0 Å². The number of anilines is 3. The van der Waals surface area contributed by atoms with Crippen LogP contribution in [0.3, 0.4) is 0 Å². The van der Waals surface area contributed by atoms with E-state index in [-0.39, 0.29) is 5.75 Å². The molecular weight excluding hydrogens is 298 g/mol. The smallest absolute Gasteiger partial charge is 0.232 e. The fraction of sp³-hybridized carbons (Fsp3) is 0.188. The Labute approximate surface area is 130 Å². The van der Waals surface area contributed by atoms with Gasteiger partial charge in [-0.15, -0.1) is 0 Å². The van der Waals surface area contributed by atoms with E-state index in [9.17, 15) is 8.42 Å². The summed E-state index contributed by atoms with van der Waals surface area (Å²) in [4.78, 5) is 0. The van der Waals surface area contributed by atoms with Crippen LogP contribution >= 0.6 is 0 Å². The molecule has 0 fully saturated rings. The molecule has 2 N–H and O–H groups in total. The predicted molar refractivity (Wildman–Crippen MR) is 88.6 cm³/mol. The Morgan fingerprint density at radius 3 is 2.36 bits per heavy atom. The van der Waals surface area contributed by atoms with Crippen molar-refractivity contribution >= 4 is 27.1 Å². The van der Waals surface area contributed by atoms with Crippen molar-refractivity contribution in [3.05, 3.63) is 54.1 Å². The molecule has 0 unspecified atom stereocenters. The molecule has 0 aliphatic heterocycles. The third kappa shape index (κ3) is 4.50.